The highest BCUT2D eigenvalue weighted by Gasteiger charge is 2.31. The van der Waals surface area contributed by atoms with E-state index in [1.54, 1.807) is 30.3 Å². The molecule has 2 heterocycles. The third-order valence-electron chi connectivity index (χ3n) is 4.78. The van der Waals surface area contributed by atoms with Gasteiger partial charge in [-0.15, -0.1) is 0 Å². The molecule has 1 aromatic heterocycles. The Hall–Kier alpha value is -3.68. The van der Waals surface area contributed by atoms with Crippen LogP contribution < -0.4 is 5.01 Å². The normalized spacial score (nSPS) is 16.2. The van der Waals surface area contributed by atoms with Crippen molar-refractivity contribution < 1.29 is 10.0 Å². The van der Waals surface area contributed by atoms with E-state index in [-0.39, 0.29) is 17.5 Å². The fraction of sp³-hybridized carbons (Fsp3) is 0.200. The minimum atomic E-state index is -0.419. The summed E-state index contributed by atoms with van der Waals surface area (Å²) in [7, 11) is 0. The summed E-state index contributed by atoms with van der Waals surface area (Å²) in [6.45, 7) is 2.79. The van der Waals surface area contributed by atoms with Gasteiger partial charge in [-0.3, -0.25) is 19.8 Å². The molecule has 0 aliphatic carbocycles. The Morgan fingerprint density at radius 3 is 2.68 bits per heavy atom. The van der Waals surface area contributed by atoms with Gasteiger partial charge in [0, 0.05) is 42.4 Å². The lowest BCUT2D eigenvalue weighted by atomic mass is 10.0. The van der Waals surface area contributed by atoms with Crippen molar-refractivity contribution >= 4 is 17.1 Å². The van der Waals surface area contributed by atoms with Crippen molar-refractivity contribution in [2.24, 2.45) is 5.10 Å². The van der Waals surface area contributed by atoms with E-state index >= 15 is 0 Å². The number of nitro groups is 1. The molecule has 1 N–H and O–H groups in total. The molecule has 142 valence electrons. The van der Waals surface area contributed by atoms with Gasteiger partial charge in [0.05, 0.1) is 28.6 Å². The van der Waals surface area contributed by atoms with Crippen LogP contribution in [0, 0.1) is 10.1 Å². The molecule has 4 rings (SSSR count). The third kappa shape index (κ3) is 3.32. The zero-order valence-corrected chi connectivity index (χ0v) is 15.3. The van der Waals surface area contributed by atoms with Crippen LogP contribution in [0.4, 0.5) is 11.4 Å². The maximum atomic E-state index is 11.0. The van der Waals surface area contributed by atoms with Gasteiger partial charge in [0.25, 0.3) is 5.69 Å². The molecule has 0 amide bonds. The Morgan fingerprint density at radius 1 is 1.25 bits per heavy atom. The van der Waals surface area contributed by atoms with E-state index in [9.17, 15) is 15.2 Å². The van der Waals surface area contributed by atoms with Crippen LogP contribution in [0.3, 0.4) is 0 Å². The van der Waals surface area contributed by atoms with E-state index in [4.69, 9.17) is 5.10 Å². The molecule has 8 heteroatoms. The summed E-state index contributed by atoms with van der Waals surface area (Å²) >= 11 is 0. The van der Waals surface area contributed by atoms with Gasteiger partial charge in [-0.1, -0.05) is 12.1 Å². The minimum absolute atomic E-state index is 0.0375. The molecule has 2 aromatic carbocycles. The van der Waals surface area contributed by atoms with E-state index < -0.39 is 4.92 Å². The molecule has 1 aliphatic heterocycles. The van der Waals surface area contributed by atoms with Gasteiger partial charge in [-0.2, -0.15) is 10.2 Å². The lowest BCUT2D eigenvalue weighted by molar-refractivity contribution is -0.384. The lowest BCUT2D eigenvalue weighted by Crippen LogP contribution is -2.18. The molecule has 3 aromatic rings. The lowest BCUT2D eigenvalue weighted by Gasteiger charge is -2.22. The number of non-ortho nitro benzene ring substituents is 1. The number of nitrogens with zero attached hydrogens (tertiary/aromatic N) is 5. The quantitative estimate of drug-likeness (QED) is 0.538. The fourth-order valence-electron chi connectivity index (χ4n) is 3.32. The number of hydrogen-bond donors (Lipinski definition) is 1. The van der Waals surface area contributed by atoms with Crippen molar-refractivity contribution in [3.8, 4) is 5.75 Å². The Bertz CT molecular complexity index is 1040. The van der Waals surface area contributed by atoms with Crippen LogP contribution in [0.1, 0.15) is 30.5 Å². The molecule has 28 heavy (non-hydrogen) atoms. The molecule has 0 saturated heterocycles. The number of anilines is 1. The Morgan fingerprint density at radius 2 is 2.04 bits per heavy atom. The van der Waals surface area contributed by atoms with Crippen molar-refractivity contribution in [1.29, 1.82) is 0 Å². The second-order valence-corrected chi connectivity index (χ2v) is 6.56. The van der Waals surface area contributed by atoms with Crippen molar-refractivity contribution in [3.63, 3.8) is 0 Å². The standard InChI is InChI=1S/C20H19N5O3/c1-2-23-13-15(12-21-23)20-11-19(14-4-3-5-18(26)10-14)22-24(20)16-6-8-17(9-7-16)25(27)28/h3-10,12-13,20,26H,2,11H2,1H3. The number of hydrogen-bond acceptors (Lipinski definition) is 6. The number of benzene rings is 2. The van der Waals surface area contributed by atoms with Gasteiger partial charge >= 0.3 is 0 Å². The molecule has 0 spiro atoms. The number of phenolic OH excluding ortho intramolecular Hbond substituents is 1. The predicted octanol–water partition coefficient (Wildman–Crippen LogP) is 3.87. The highest BCUT2D eigenvalue weighted by molar-refractivity contribution is 6.03. The first-order valence-electron chi connectivity index (χ1n) is 8.98. The Kier molecular flexibility index (Phi) is 4.52. The summed E-state index contributed by atoms with van der Waals surface area (Å²) < 4.78 is 1.86. The molecule has 1 aliphatic rings. The van der Waals surface area contributed by atoms with Crippen molar-refractivity contribution in [1.82, 2.24) is 9.78 Å². The number of aromatic hydroxyl groups is 1. The van der Waals surface area contributed by atoms with E-state index in [0.717, 1.165) is 29.1 Å². The first-order chi connectivity index (χ1) is 13.5. The van der Waals surface area contributed by atoms with Gasteiger partial charge in [0.1, 0.15) is 5.75 Å². The minimum Gasteiger partial charge on any atom is -0.508 e. The number of nitro benzene ring substituents is 1. The van der Waals surface area contributed by atoms with Crippen LogP contribution in [-0.2, 0) is 6.54 Å². The van der Waals surface area contributed by atoms with Crippen LogP contribution in [0.5, 0.6) is 5.75 Å². The molecule has 0 fully saturated rings. The van der Waals surface area contributed by atoms with Crippen molar-refractivity contribution in [3.05, 3.63) is 82.2 Å². The second kappa shape index (κ2) is 7.15. The maximum absolute atomic E-state index is 11.0. The Balaban J connectivity index is 1.73. The monoisotopic (exact) mass is 377 g/mol. The zero-order valence-electron chi connectivity index (χ0n) is 15.3. The summed E-state index contributed by atoms with van der Waals surface area (Å²) in [5.41, 5.74) is 3.49. The molecular weight excluding hydrogens is 358 g/mol. The largest absolute Gasteiger partial charge is 0.508 e. The fourth-order valence-corrected chi connectivity index (χ4v) is 3.32. The molecule has 1 unspecified atom stereocenters. The number of phenols is 1. The van der Waals surface area contributed by atoms with Crippen LogP contribution in [-0.4, -0.2) is 25.5 Å². The second-order valence-electron chi connectivity index (χ2n) is 6.56. The van der Waals surface area contributed by atoms with E-state index in [1.165, 1.54) is 12.1 Å². The van der Waals surface area contributed by atoms with Crippen LogP contribution >= 0.6 is 0 Å². The van der Waals surface area contributed by atoms with Crippen molar-refractivity contribution in [2.45, 2.75) is 25.9 Å². The third-order valence-corrected chi connectivity index (χ3v) is 4.78. The van der Waals surface area contributed by atoms with Gasteiger partial charge in [0.2, 0.25) is 0 Å². The highest BCUT2D eigenvalue weighted by atomic mass is 16.6. The SMILES string of the molecule is CCn1cc(C2CC(c3cccc(O)c3)=NN2c2ccc([N+](=O)[O-])cc2)cn1. The summed E-state index contributed by atoms with van der Waals surface area (Å²) in [6.07, 6.45) is 4.45. The van der Waals surface area contributed by atoms with E-state index in [1.807, 2.05) is 35.1 Å². The number of rotatable bonds is 5. The first kappa shape index (κ1) is 17.7. The van der Waals surface area contributed by atoms with Crippen LogP contribution in [0.2, 0.25) is 0 Å². The number of aromatic nitrogens is 2. The summed E-state index contributed by atoms with van der Waals surface area (Å²) in [5, 5.41) is 31.8. The van der Waals surface area contributed by atoms with Gasteiger partial charge in [0.15, 0.2) is 0 Å². The molecule has 1 atom stereocenters. The van der Waals surface area contributed by atoms with Crippen LogP contribution in [0.15, 0.2) is 66.0 Å². The molecular formula is C20H19N5O3. The molecule has 8 nitrogen and oxygen atoms in total. The zero-order chi connectivity index (χ0) is 19.7. The number of hydrazone groups is 1. The smallest absolute Gasteiger partial charge is 0.269 e. The average Bonchev–Trinajstić information content (AvgIpc) is 3.35. The molecule has 0 radical (unpaired) electrons. The predicted molar refractivity (Wildman–Crippen MR) is 105 cm³/mol. The number of aryl methyl sites for hydroxylation is 1. The molecule has 0 saturated carbocycles. The average molecular weight is 377 g/mol. The van der Waals surface area contributed by atoms with Gasteiger partial charge in [-0.05, 0) is 31.2 Å². The Labute approximate surface area is 161 Å². The summed E-state index contributed by atoms with van der Waals surface area (Å²) in [4.78, 5) is 10.5. The summed E-state index contributed by atoms with van der Waals surface area (Å²) in [5.74, 6) is 0.185. The summed E-state index contributed by atoms with van der Waals surface area (Å²) in [6, 6.07) is 13.3. The van der Waals surface area contributed by atoms with E-state index in [0.29, 0.717) is 6.42 Å². The van der Waals surface area contributed by atoms with Gasteiger partial charge in [-0.25, -0.2) is 0 Å². The molecule has 0 bridgehead atoms. The van der Waals surface area contributed by atoms with Crippen LogP contribution in [0.25, 0.3) is 0 Å². The maximum Gasteiger partial charge on any atom is 0.269 e. The topological polar surface area (TPSA) is 96.8 Å². The van der Waals surface area contributed by atoms with Gasteiger partial charge < -0.3 is 5.11 Å². The van der Waals surface area contributed by atoms with Crippen molar-refractivity contribution in [2.75, 3.05) is 5.01 Å². The van der Waals surface area contributed by atoms with E-state index in [2.05, 4.69) is 5.10 Å². The first-order valence-corrected chi connectivity index (χ1v) is 8.98. The highest BCUT2D eigenvalue weighted by Crippen LogP contribution is 2.37.